The van der Waals surface area contributed by atoms with Crippen LogP contribution >= 0.6 is 11.6 Å². The maximum absolute atomic E-state index is 12.5. The highest BCUT2D eigenvalue weighted by atomic mass is 35.5. The van der Waals surface area contributed by atoms with Gasteiger partial charge in [0.05, 0.1) is 19.2 Å². The average molecular weight is 328 g/mol. The fourth-order valence-electron chi connectivity index (χ4n) is 2.44. The van der Waals surface area contributed by atoms with Gasteiger partial charge < -0.3 is 4.74 Å². The van der Waals surface area contributed by atoms with Crippen molar-refractivity contribution in [2.24, 2.45) is 0 Å². The number of benzene rings is 2. The molecular weight excluding hydrogens is 314 g/mol. The van der Waals surface area contributed by atoms with E-state index in [-0.39, 0.29) is 18.2 Å². The number of amides is 2. The Bertz CT molecular complexity index is 779. The van der Waals surface area contributed by atoms with Crippen LogP contribution in [0.4, 0.5) is 5.69 Å². The number of carbonyl (C=O) groups is 2. The number of imide groups is 1. The molecule has 0 N–H and O–H groups in total. The van der Waals surface area contributed by atoms with Gasteiger partial charge >= 0.3 is 0 Å². The number of nitrogens with zero attached hydrogens (tertiary/aromatic N) is 1. The van der Waals surface area contributed by atoms with Gasteiger partial charge in [0.25, 0.3) is 5.91 Å². The molecule has 23 heavy (non-hydrogen) atoms. The predicted molar refractivity (Wildman–Crippen MR) is 89.5 cm³/mol. The molecule has 0 saturated carbocycles. The second-order valence-corrected chi connectivity index (χ2v) is 5.57. The van der Waals surface area contributed by atoms with Gasteiger partial charge in [-0.25, -0.2) is 4.90 Å². The molecule has 1 fully saturated rings. The number of carbonyl (C=O) groups excluding carboxylic acids is 2. The van der Waals surface area contributed by atoms with Crippen molar-refractivity contribution in [2.75, 3.05) is 12.0 Å². The summed E-state index contributed by atoms with van der Waals surface area (Å²) in [5, 5.41) is 0.626. The summed E-state index contributed by atoms with van der Waals surface area (Å²) < 4.78 is 5.08. The molecule has 0 aliphatic carbocycles. The summed E-state index contributed by atoms with van der Waals surface area (Å²) in [6.07, 6.45) is 1.81. The van der Waals surface area contributed by atoms with Crippen LogP contribution in [0.1, 0.15) is 12.0 Å². The number of hydrogen-bond donors (Lipinski definition) is 0. The SMILES string of the molecule is COc1ccc(N2C(=O)C/C(=C\c3ccc(Cl)cc3)C2=O)cc1. The first kappa shape index (κ1) is 15.3. The number of halogens is 1. The van der Waals surface area contributed by atoms with Gasteiger partial charge in [0, 0.05) is 10.6 Å². The van der Waals surface area contributed by atoms with Crippen LogP contribution in [0.15, 0.2) is 54.1 Å². The van der Waals surface area contributed by atoms with Crippen molar-refractivity contribution in [2.45, 2.75) is 6.42 Å². The quantitative estimate of drug-likeness (QED) is 0.638. The molecule has 0 aromatic heterocycles. The van der Waals surface area contributed by atoms with E-state index in [2.05, 4.69) is 0 Å². The Hall–Kier alpha value is -2.59. The lowest BCUT2D eigenvalue weighted by atomic mass is 10.1. The van der Waals surface area contributed by atoms with E-state index in [0.29, 0.717) is 22.0 Å². The zero-order chi connectivity index (χ0) is 16.4. The van der Waals surface area contributed by atoms with E-state index in [1.165, 1.54) is 4.90 Å². The number of ether oxygens (including phenoxy) is 1. The third kappa shape index (κ3) is 3.12. The molecule has 0 radical (unpaired) electrons. The Morgan fingerprint density at radius 3 is 2.30 bits per heavy atom. The second-order valence-electron chi connectivity index (χ2n) is 5.13. The third-order valence-electron chi connectivity index (χ3n) is 3.61. The standard InChI is InChI=1S/C18H14ClNO3/c1-23-16-8-6-15(7-9-16)20-17(21)11-13(18(20)22)10-12-2-4-14(19)5-3-12/h2-10H,11H2,1H3/b13-10+. The molecule has 3 rings (SSSR count). The van der Waals surface area contributed by atoms with E-state index in [1.54, 1.807) is 49.6 Å². The largest absolute Gasteiger partial charge is 0.497 e. The van der Waals surface area contributed by atoms with Crippen LogP contribution in [-0.4, -0.2) is 18.9 Å². The van der Waals surface area contributed by atoms with Crippen LogP contribution in [0.3, 0.4) is 0 Å². The summed E-state index contributed by atoms with van der Waals surface area (Å²) in [4.78, 5) is 25.9. The average Bonchev–Trinajstić information content (AvgIpc) is 2.84. The predicted octanol–water partition coefficient (Wildman–Crippen LogP) is 3.70. The van der Waals surface area contributed by atoms with Gasteiger partial charge in [0.1, 0.15) is 5.75 Å². The summed E-state index contributed by atoms with van der Waals surface area (Å²) in [7, 11) is 1.56. The molecule has 1 aliphatic rings. The molecule has 2 aromatic rings. The molecule has 2 amide bonds. The van der Waals surface area contributed by atoms with Crippen LogP contribution in [-0.2, 0) is 9.59 Å². The van der Waals surface area contributed by atoms with E-state index >= 15 is 0 Å². The van der Waals surface area contributed by atoms with Crippen molar-refractivity contribution >= 4 is 35.2 Å². The summed E-state index contributed by atoms with van der Waals surface area (Å²) >= 11 is 5.85. The maximum atomic E-state index is 12.5. The highest BCUT2D eigenvalue weighted by molar-refractivity contribution is 6.31. The van der Waals surface area contributed by atoms with Gasteiger partial charge in [0.15, 0.2) is 0 Å². The fraction of sp³-hybridized carbons (Fsp3) is 0.111. The lowest BCUT2D eigenvalue weighted by Gasteiger charge is -2.13. The minimum absolute atomic E-state index is 0.0908. The van der Waals surface area contributed by atoms with Crippen LogP contribution in [0.2, 0.25) is 5.02 Å². The molecular formula is C18H14ClNO3. The highest BCUT2D eigenvalue weighted by Gasteiger charge is 2.34. The van der Waals surface area contributed by atoms with E-state index in [1.807, 2.05) is 12.1 Å². The number of methoxy groups -OCH3 is 1. The van der Waals surface area contributed by atoms with Gasteiger partial charge in [-0.15, -0.1) is 0 Å². The molecule has 1 heterocycles. The minimum Gasteiger partial charge on any atom is -0.497 e. The molecule has 1 saturated heterocycles. The highest BCUT2D eigenvalue weighted by Crippen LogP contribution is 2.28. The second kappa shape index (κ2) is 6.26. The normalized spacial score (nSPS) is 16.3. The fourth-order valence-corrected chi connectivity index (χ4v) is 2.57. The van der Waals surface area contributed by atoms with Crippen molar-refractivity contribution in [3.63, 3.8) is 0 Å². The molecule has 2 aromatic carbocycles. The zero-order valence-electron chi connectivity index (χ0n) is 12.5. The first-order chi connectivity index (χ1) is 11.1. The Morgan fingerprint density at radius 1 is 1.04 bits per heavy atom. The van der Waals surface area contributed by atoms with Crippen LogP contribution < -0.4 is 9.64 Å². The van der Waals surface area contributed by atoms with Gasteiger partial charge in [-0.05, 0) is 48.0 Å². The minimum atomic E-state index is -0.296. The van der Waals surface area contributed by atoms with Crippen molar-refractivity contribution in [3.8, 4) is 5.75 Å². The molecule has 0 unspecified atom stereocenters. The number of rotatable bonds is 3. The van der Waals surface area contributed by atoms with Gasteiger partial charge in [-0.2, -0.15) is 0 Å². The first-order valence-electron chi connectivity index (χ1n) is 7.06. The molecule has 4 nitrogen and oxygen atoms in total. The first-order valence-corrected chi connectivity index (χ1v) is 7.44. The van der Waals surface area contributed by atoms with Gasteiger partial charge in [-0.1, -0.05) is 23.7 Å². The van der Waals surface area contributed by atoms with E-state index in [4.69, 9.17) is 16.3 Å². The van der Waals surface area contributed by atoms with Gasteiger partial charge in [0.2, 0.25) is 5.91 Å². The maximum Gasteiger partial charge on any atom is 0.261 e. The molecule has 1 aliphatic heterocycles. The molecule has 0 spiro atoms. The Morgan fingerprint density at radius 2 is 1.70 bits per heavy atom. The monoisotopic (exact) mass is 327 g/mol. The third-order valence-corrected chi connectivity index (χ3v) is 3.86. The van der Waals surface area contributed by atoms with E-state index in [0.717, 1.165) is 5.56 Å². The van der Waals surface area contributed by atoms with E-state index < -0.39 is 0 Å². The summed E-state index contributed by atoms with van der Waals surface area (Å²) in [6.45, 7) is 0. The van der Waals surface area contributed by atoms with Crippen molar-refractivity contribution in [3.05, 3.63) is 64.7 Å². The lowest BCUT2D eigenvalue weighted by Crippen LogP contribution is -2.28. The van der Waals surface area contributed by atoms with Crippen molar-refractivity contribution < 1.29 is 14.3 Å². The summed E-state index contributed by atoms with van der Waals surface area (Å²) in [6, 6.07) is 13.9. The Labute approximate surface area is 138 Å². The van der Waals surface area contributed by atoms with Crippen LogP contribution in [0, 0.1) is 0 Å². The van der Waals surface area contributed by atoms with Gasteiger partial charge in [-0.3, -0.25) is 9.59 Å². The molecule has 0 bridgehead atoms. The molecule has 0 atom stereocenters. The van der Waals surface area contributed by atoms with Crippen molar-refractivity contribution in [1.82, 2.24) is 0 Å². The molecule has 5 heteroatoms. The summed E-state index contributed by atoms with van der Waals surface area (Å²) in [5.74, 6) is 0.139. The number of anilines is 1. The lowest BCUT2D eigenvalue weighted by molar-refractivity contribution is -0.120. The summed E-state index contributed by atoms with van der Waals surface area (Å²) in [5.41, 5.74) is 1.84. The van der Waals surface area contributed by atoms with Crippen LogP contribution in [0.25, 0.3) is 6.08 Å². The number of hydrogen-bond acceptors (Lipinski definition) is 3. The Balaban J connectivity index is 1.88. The Kier molecular flexibility index (Phi) is 4.17. The smallest absolute Gasteiger partial charge is 0.261 e. The van der Waals surface area contributed by atoms with Crippen LogP contribution in [0.5, 0.6) is 5.75 Å². The topological polar surface area (TPSA) is 46.6 Å². The van der Waals surface area contributed by atoms with E-state index in [9.17, 15) is 9.59 Å². The zero-order valence-corrected chi connectivity index (χ0v) is 13.2. The van der Waals surface area contributed by atoms with Crippen molar-refractivity contribution in [1.29, 1.82) is 0 Å². The molecule has 116 valence electrons.